The van der Waals surface area contributed by atoms with Gasteiger partial charge in [0.2, 0.25) is 0 Å². The van der Waals surface area contributed by atoms with Crippen LogP contribution in [0.2, 0.25) is 0 Å². The molecule has 0 saturated heterocycles. The topological polar surface area (TPSA) is 42.9 Å². The van der Waals surface area contributed by atoms with Gasteiger partial charge in [-0.1, -0.05) is 82.7 Å². The van der Waals surface area contributed by atoms with Crippen LogP contribution >= 0.6 is 15.9 Å². The molecular formula is C23H13BrN2O. The molecule has 27 heavy (non-hydrogen) atoms. The molecule has 5 rings (SSSR count). The summed E-state index contributed by atoms with van der Waals surface area (Å²) < 4.78 is 0.981. The fourth-order valence-electron chi connectivity index (χ4n) is 3.43. The van der Waals surface area contributed by atoms with E-state index in [2.05, 4.69) is 15.9 Å². The first-order valence-corrected chi connectivity index (χ1v) is 9.39. The van der Waals surface area contributed by atoms with Crippen molar-refractivity contribution >= 4 is 21.7 Å². The molecule has 0 aliphatic heterocycles. The Morgan fingerprint density at radius 3 is 2.00 bits per heavy atom. The number of fused-ring (bicyclic) bond motifs is 3. The van der Waals surface area contributed by atoms with Crippen molar-refractivity contribution in [2.75, 3.05) is 0 Å². The highest BCUT2D eigenvalue weighted by Crippen LogP contribution is 2.40. The lowest BCUT2D eigenvalue weighted by Crippen LogP contribution is -2.03. The van der Waals surface area contributed by atoms with E-state index in [1.165, 1.54) is 0 Å². The molecular weight excluding hydrogens is 400 g/mol. The third-order valence-electron chi connectivity index (χ3n) is 4.71. The molecule has 128 valence electrons. The van der Waals surface area contributed by atoms with E-state index in [0.717, 1.165) is 21.2 Å². The fraction of sp³-hybridized carbons (Fsp3) is 0. The second-order valence-corrected chi connectivity index (χ2v) is 7.28. The Morgan fingerprint density at radius 1 is 0.630 bits per heavy atom. The van der Waals surface area contributed by atoms with Gasteiger partial charge in [0.15, 0.2) is 11.6 Å². The Hall–Kier alpha value is -3.11. The monoisotopic (exact) mass is 412 g/mol. The zero-order valence-electron chi connectivity index (χ0n) is 14.2. The first-order chi connectivity index (χ1) is 13.2. The zero-order valence-corrected chi connectivity index (χ0v) is 15.8. The molecule has 0 fully saturated rings. The van der Waals surface area contributed by atoms with Gasteiger partial charge in [0.05, 0.1) is 17.0 Å². The fourth-order valence-corrected chi connectivity index (χ4v) is 3.69. The second kappa shape index (κ2) is 6.25. The third kappa shape index (κ3) is 2.61. The number of hydrogen-bond acceptors (Lipinski definition) is 3. The summed E-state index contributed by atoms with van der Waals surface area (Å²) in [5.74, 6) is 0.606. The van der Waals surface area contributed by atoms with Crippen molar-refractivity contribution in [3.8, 4) is 33.9 Å². The van der Waals surface area contributed by atoms with Crippen LogP contribution in [0.15, 0.2) is 83.3 Å². The van der Waals surface area contributed by atoms with Gasteiger partial charge >= 0.3 is 0 Å². The molecule has 3 nitrogen and oxygen atoms in total. The normalized spacial score (nSPS) is 12.0. The van der Waals surface area contributed by atoms with Gasteiger partial charge in [-0.15, -0.1) is 0 Å². The quantitative estimate of drug-likeness (QED) is 0.368. The first kappa shape index (κ1) is 16.1. The molecule has 3 aromatic carbocycles. The molecule has 1 heterocycles. The van der Waals surface area contributed by atoms with E-state index in [0.29, 0.717) is 28.3 Å². The van der Waals surface area contributed by atoms with Crippen LogP contribution < -0.4 is 0 Å². The van der Waals surface area contributed by atoms with Crippen molar-refractivity contribution in [2.24, 2.45) is 0 Å². The number of hydrogen-bond donors (Lipinski definition) is 0. The van der Waals surface area contributed by atoms with E-state index in [4.69, 9.17) is 9.97 Å². The molecule has 0 saturated carbocycles. The van der Waals surface area contributed by atoms with Crippen molar-refractivity contribution in [3.63, 3.8) is 0 Å². The zero-order chi connectivity index (χ0) is 18.4. The lowest BCUT2D eigenvalue weighted by molar-refractivity contribution is 0.104. The Labute approximate surface area is 164 Å². The molecule has 0 bridgehead atoms. The van der Waals surface area contributed by atoms with Crippen LogP contribution in [0.25, 0.3) is 33.9 Å². The number of halogens is 1. The maximum absolute atomic E-state index is 13.1. The van der Waals surface area contributed by atoms with Crippen LogP contribution in [0, 0.1) is 0 Å². The summed E-state index contributed by atoms with van der Waals surface area (Å²) >= 11 is 3.47. The largest absolute Gasteiger partial charge is 0.288 e. The summed E-state index contributed by atoms with van der Waals surface area (Å²) in [6, 6.07) is 25.3. The second-order valence-electron chi connectivity index (χ2n) is 6.37. The van der Waals surface area contributed by atoms with Gasteiger partial charge < -0.3 is 0 Å². The van der Waals surface area contributed by atoms with Crippen LogP contribution in [0.1, 0.15) is 15.9 Å². The van der Waals surface area contributed by atoms with Gasteiger partial charge in [0.1, 0.15) is 0 Å². The average Bonchev–Trinajstić information content (AvgIpc) is 3.01. The number of benzene rings is 3. The molecule has 1 aliphatic carbocycles. The highest BCUT2D eigenvalue weighted by Gasteiger charge is 2.32. The molecule has 0 atom stereocenters. The van der Waals surface area contributed by atoms with E-state index in [9.17, 15) is 4.79 Å². The molecule has 1 aromatic heterocycles. The Bertz CT molecular complexity index is 1180. The van der Waals surface area contributed by atoms with Crippen LogP contribution in [0.4, 0.5) is 0 Å². The number of carbonyl (C=O) groups excluding carboxylic acids is 1. The predicted molar refractivity (Wildman–Crippen MR) is 109 cm³/mol. The van der Waals surface area contributed by atoms with Gasteiger partial charge in [-0.25, -0.2) is 9.97 Å². The van der Waals surface area contributed by atoms with E-state index < -0.39 is 0 Å². The van der Waals surface area contributed by atoms with E-state index in [1.54, 1.807) is 0 Å². The lowest BCUT2D eigenvalue weighted by atomic mass is 10.0. The number of rotatable bonds is 2. The smallest absolute Gasteiger partial charge is 0.198 e. The lowest BCUT2D eigenvalue weighted by Gasteiger charge is -2.10. The number of ketones is 1. The summed E-state index contributed by atoms with van der Waals surface area (Å²) in [6.45, 7) is 0. The highest BCUT2D eigenvalue weighted by atomic mass is 79.9. The minimum Gasteiger partial charge on any atom is -0.288 e. The Morgan fingerprint density at radius 2 is 1.26 bits per heavy atom. The van der Waals surface area contributed by atoms with Crippen molar-refractivity contribution in [2.45, 2.75) is 0 Å². The summed E-state index contributed by atoms with van der Waals surface area (Å²) in [6.07, 6.45) is 0. The summed E-state index contributed by atoms with van der Waals surface area (Å²) in [5, 5.41) is 0. The van der Waals surface area contributed by atoms with Crippen molar-refractivity contribution in [3.05, 3.63) is 94.5 Å². The SMILES string of the molecule is O=C1c2ccccc2-c2nc(-c3ccccc3)nc(-c3ccc(Br)cc3)c21. The molecule has 4 aromatic rings. The van der Waals surface area contributed by atoms with Gasteiger partial charge in [-0.2, -0.15) is 0 Å². The van der Waals surface area contributed by atoms with Crippen LogP contribution in [0.3, 0.4) is 0 Å². The molecule has 0 radical (unpaired) electrons. The Balaban J connectivity index is 1.83. The third-order valence-corrected chi connectivity index (χ3v) is 5.24. The number of nitrogens with zero attached hydrogens (tertiary/aromatic N) is 2. The molecule has 0 N–H and O–H groups in total. The van der Waals surface area contributed by atoms with Gasteiger partial charge in [0, 0.05) is 26.7 Å². The average molecular weight is 413 g/mol. The summed E-state index contributed by atoms with van der Waals surface area (Å²) in [4.78, 5) is 22.7. The molecule has 0 unspecified atom stereocenters. The van der Waals surface area contributed by atoms with E-state index in [-0.39, 0.29) is 5.78 Å². The maximum atomic E-state index is 13.1. The van der Waals surface area contributed by atoms with Gasteiger partial charge in [-0.3, -0.25) is 4.79 Å². The maximum Gasteiger partial charge on any atom is 0.198 e. The molecule has 1 aliphatic rings. The van der Waals surface area contributed by atoms with Crippen molar-refractivity contribution in [1.29, 1.82) is 0 Å². The minimum atomic E-state index is -0.0156. The summed E-state index contributed by atoms with van der Waals surface area (Å²) in [5.41, 5.74) is 5.35. The van der Waals surface area contributed by atoms with E-state index >= 15 is 0 Å². The minimum absolute atomic E-state index is 0.0156. The summed E-state index contributed by atoms with van der Waals surface area (Å²) in [7, 11) is 0. The van der Waals surface area contributed by atoms with Crippen LogP contribution in [-0.2, 0) is 0 Å². The predicted octanol–water partition coefficient (Wildman–Crippen LogP) is 5.78. The molecule has 0 amide bonds. The van der Waals surface area contributed by atoms with Gasteiger partial charge in [-0.05, 0) is 12.1 Å². The van der Waals surface area contributed by atoms with E-state index in [1.807, 2.05) is 78.9 Å². The number of carbonyl (C=O) groups is 1. The van der Waals surface area contributed by atoms with Crippen LogP contribution in [0.5, 0.6) is 0 Å². The van der Waals surface area contributed by atoms with Gasteiger partial charge in [0.25, 0.3) is 0 Å². The number of aromatic nitrogens is 2. The standard InChI is InChI=1S/C23H13BrN2O/c24-16-12-10-14(11-13-16)20-19-21(17-8-4-5-9-18(17)22(19)27)26-23(25-20)15-6-2-1-3-7-15/h1-13H. The van der Waals surface area contributed by atoms with Crippen molar-refractivity contribution in [1.82, 2.24) is 9.97 Å². The molecule has 4 heteroatoms. The highest BCUT2D eigenvalue weighted by molar-refractivity contribution is 9.10. The first-order valence-electron chi connectivity index (χ1n) is 8.60. The Kier molecular flexibility index (Phi) is 3.73. The van der Waals surface area contributed by atoms with Crippen molar-refractivity contribution < 1.29 is 4.79 Å². The molecule has 0 spiro atoms. The van der Waals surface area contributed by atoms with Crippen LogP contribution in [-0.4, -0.2) is 15.8 Å².